The smallest absolute Gasteiger partial charge is 0.353 e. The van der Waals surface area contributed by atoms with Crippen molar-refractivity contribution in [2.24, 2.45) is 0 Å². The maximum absolute atomic E-state index is 10.9. The number of aromatic nitrogens is 2. The Hall–Kier alpha value is -3.21. The van der Waals surface area contributed by atoms with Crippen LogP contribution in [0.1, 0.15) is 5.56 Å². The van der Waals surface area contributed by atoms with Gasteiger partial charge in [0.15, 0.2) is 0 Å². The summed E-state index contributed by atoms with van der Waals surface area (Å²) in [7, 11) is 0. The van der Waals surface area contributed by atoms with Gasteiger partial charge in [0.05, 0.1) is 17.4 Å². The van der Waals surface area contributed by atoms with E-state index in [1.54, 1.807) is 24.3 Å². The highest BCUT2D eigenvalue weighted by atomic mass is 16.6. The second kappa shape index (κ2) is 5.62. The fourth-order valence-corrected chi connectivity index (χ4v) is 1.60. The summed E-state index contributed by atoms with van der Waals surface area (Å²) in [5.41, 5.74) is 6.56. The molecule has 0 aliphatic carbocycles. The van der Waals surface area contributed by atoms with E-state index in [0.717, 1.165) is 11.9 Å². The van der Waals surface area contributed by atoms with Crippen molar-refractivity contribution in [3.05, 3.63) is 46.3 Å². The Balaban J connectivity index is 2.28. The first-order valence-corrected chi connectivity index (χ1v) is 5.59. The van der Waals surface area contributed by atoms with Crippen LogP contribution >= 0.6 is 0 Å². The topological polar surface area (TPSA) is 131 Å². The van der Waals surface area contributed by atoms with Crippen molar-refractivity contribution >= 4 is 23.0 Å². The zero-order chi connectivity index (χ0) is 14.5. The molecule has 20 heavy (non-hydrogen) atoms. The SMILES string of the molecule is N#CCc1ccc(Nc2ncnc(N)c2[N+](=O)[O-])cc1. The number of anilines is 3. The molecule has 0 unspecified atom stereocenters. The van der Waals surface area contributed by atoms with E-state index in [-0.39, 0.29) is 17.3 Å². The molecule has 8 heteroatoms. The number of nitro groups is 1. The van der Waals surface area contributed by atoms with Gasteiger partial charge in [0, 0.05) is 5.69 Å². The third kappa shape index (κ3) is 2.78. The summed E-state index contributed by atoms with van der Waals surface area (Å²) in [5.74, 6) is -0.177. The normalized spacial score (nSPS) is 9.75. The number of nitrogen functional groups attached to an aromatic ring is 1. The molecule has 0 amide bonds. The molecule has 1 aromatic heterocycles. The maximum atomic E-state index is 10.9. The van der Waals surface area contributed by atoms with E-state index in [9.17, 15) is 10.1 Å². The average molecular weight is 270 g/mol. The number of nitrogens with one attached hydrogen (secondary N) is 1. The molecule has 0 bridgehead atoms. The summed E-state index contributed by atoms with van der Waals surface area (Å²) < 4.78 is 0. The van der Waals surface area contributed by atoms with Crippen molar-refractivity contribution in [1.29, 1.82) is 5.26 Å². The molecule has 1 aromatic carbocycles. The van der Waals surface area contributed by atoms with Crippen molar-refractivity contribution in [1.82, 2.24) is 9.97 Å². The highest BCUT2D eigenvalue weighted by Crippen LogP contribution is 2.28. The van der Waals surface area contributed by atoms with Crippen LogP contribution in [-0.4, -0.2) is 14.9 Å². The maximum Gasteiger partial charge on any atom is 0.353 e. The molecule has 0 saturated carbocycles. The fraction of sp³-hybridized carbons (Fsp3) is 0.0833. The summed E-state index contributed by atoms with van der Waals surface area (Å²) in [6, 6.07) is 8.95. The van der Waals surface area contributed by atoms with Gasteiger partial charge in [-0.3, -0.25) is 10.1 Å². The minimum absolute atomic E-state index is 0.0236. The summed E-state index contributed by atoms with van der Waals surface area (Å²) >= 11 is 0. The van der Waals surface area contributed by atoms with Crippen molar-refractivity contribution in [2.75, 3.05) is 11.1 Å². The highest BCUT2D eigenvalue weighted by Gasteiger charge is 2.20. The number of hydrogen-bond donors (Lipinski definition) is 2. The number of nitrogens with zero attached hydrogens (tertiary/aromatic N) is 4. The Morgan fingerprint density at radius 1 is 1.35 bits per heavy atom. The molecular formula is C12H10N6O2. The third-order valence-corrected chi connectivity index (χ3v) is 2.53. The van der Waals surface area contributed by atoms with Gasteiger partial charge >= 0.3 is 5.69 Å². The molecule has 0 fully saturated rings. The van der Waals surface area contributed by atoms with Gasteiger partial charge in [-0.25, -0.2) is 9.97 Å². The van der Waals surface area contributed by atoms with Crippen LogP contribution < -0.4 is 11.1 Å². The lowest BCUT2D eigenvalue weighted by molar-refractivity contribution is -0.383. The van der Waals surface area contributed by atoms with Crippen molar-refractivity contribution in [2.45, 2.75) is 6.42 Å². The average Bonchev–Trinajstić information content (AvgIpc) is 2.41. The van der Waals surface area contributed by atoms with Crippen molar-refractivity contribution < 1.29 is 4.92 Å². The third-order valence-electron chi connectivity index (χ3n) is 2.53. The number of rotatable bonds is 4. The molecule has 100 valence electrons. The Bertz CT molecular complexity index is 677. The number of hydrogen-bond acceptors (Lipinski definition) is 7. The van der Waals surface area contributed by atoms with E-state index in [2.05, 4.69) is 15.3 Å². The first kappa shape index (κ1) is 13.2. The molecular weight excluding hydrogens is 260 g/mol. The predicted molar refractivity (Wildman–Crippen MR) is 72.1 cm³/mol. The molecule has 0 aliphatic heterocycles. The van der Waals surface area contributed by atoms with E-state index < -0.39 is 4.92 Å². The van der Waals surface area contributed by atoms with Gasteiger partial charge in [0.2, 0.25) is 11.6 Å². The van der Waals surface area contributed by atoms with Gasteiger partial charge in [-0.1, -0.05) is 12.1 Å². The van der Waals surface area contributed by atoms with Crippen LogP contribution in [0.15, 0.2) is 30.6 Å². The van der Waals surface area contributed by atoms with Crippen LogP contribution in [0.4, 0.5) is 23.0 Å². The molecule has 0 radical (unpaired) electrons. The van der Waals surface area contributed by atoms with Crippen LogP contribution in [0.3, 0.4) is 0 Å². The van der Waals surface area contributed by atoms with E-state index >= 15 is 0 Å². The molecule has 2 rings (SSSR count). The van der Waals surface area contributed by atoms with Crippen molar-refractivity contribution in [3.8, 4) is 6.07 Å². The molecule has 0 spiro atoms. The first-order valence-electron chi connectivity index (χ1n) is 5.59. The molecule has 1 heterocycles. The Morgan fingerprint density at radius 3 is 2.65 bits per heavy atom. The molecule has 0 aliphatic rings. The van der Waals surface area contributed by atoms with E-state index in [1.807, 2.05) is 6.07 Å². The lowest BCUT2D eigenvalue weighted by atomic mass is 10.1. The van der Waals surface area contributed by atoms with Gasteiger partial charge in [0.1, 0.15) is 6.33 Å². The largest absolute Gasteiger partial charge is 0.378 e. The fourth-order valence-electron chi connectivity index (χ4n) is 1.60. The Kier molecular flexibility index (Phi) is 3.72. The van der Waals surface area contributed by atoms with Gasteiger partial charge in [-0.2, -0.15) is 5.26 Å². The second-order valence-electron chi connectivity index (χ2n) is 3.87. The minimum atomic E-state index is -0.637. The number of benzene rings is 1. The van der Waals surface area contributed by atoms with Crippen LogP contribution in [0.5, 0.6) is 0 Å². The quantitative estimate of drug-likeness (QED) is 0.639. The monoisotopic (exact) mass is 270 g/mol. The summed E-state index contributed by atoms with van der Waals surface area (Å²) in [5, 5.41) is 22.3. The van der Waals surface area contributed by atoms with E-state index in [1.165, 1.54) is 0 Å². The zero-order valence-electron chi connectivity index (χ0n) is 10.3. The minimum Gasteiger partial charge on any atom is -0.378 e. The van der Waals surface area contributed by atoms with E-state index in [0.29, 0.717) is 12.1 Å². The molecule has 0 atom stereocenters. The van der Waals surface area contributed by atoms with Crippen LogP contribution in [0.25, 0.3) is 0 Å². The number of nitriles is 1. The molecule has 2 aromatic rings. The van der Waals surface area contributed by atoms with Crippen LogP contribution in [-0.2, 0) is 6.42 Å². The van der Waals surface area contributed by atoms with Gasteiger partial charge in [0.25, 0.3) is 0 Å². The predicted octanol–water partition coefficient (Wildman–Crippen LogP) is 1.78. The van der Waals surface area contributed by atoms with Gasteiger partial charge < -0.3 is 11.1 Å². The molecule has 0 saturated heterocycles. The van der Waals surface area contributed by atoms with E-state index in [4.69, 9.17) is 11.0 Å². The molecule has 3 N–H and O–H groups in total. The summed E-state index contributed by atoms with van der Waals surface area (Å²) in [6.45, 7) is 0. The first-order chi connectivity index (χ1) is 9.61. The number of nitrogens with two attached hydrogens (primary N) is 1. The Labute approximate surface area is 114 Å². The van der Waals surface area contributed by atoms with Crippen molar-refractivity contribution in [3.63, 3.8) is 0 Å². The highest BCUT2D eigenvalue weighted by molar-refractivity contribution is 5.72. The van der Waals surface area contributed by atoms with Crippen LogP contribution in [0, 0.1) is 21.4 Å². The second-order valence-corrected chi connectivity index (χ2v) is 3.87. The zero-order valence-corrected chi connectivity index (χ0v) is 10.3. The summed E-state index contributed by atoms with van der Waals surface area (Å²) in [6.07, 6.45) is 1.45. The Morgan fingerprint density at radius 2 is 2.05 bits per heavy atom. The standard InChI is InChI=1S/C12H10N6O2/c13-6-5-8-1-3-9(4-2-8)17-12-10(18(19)20)11(14)15-7-16-12/h1-4,7H,5H2,(H3,14,15,16,17). The van der Waals surface area contributed by atoms with Gasteiger partial charge in [-0.15, -0.1) is 0 Å². The summed E-state index contributed by atoms with van der Waals surface area (Å²) in [4.78, 5) is 17.7. The molecule has 8 nitrogen and oxygen atoms in total. The lowest BCUT2D eigenvalue weighted by Crippen LogP contribution is -2.05. The van der Waals surface area contributed by atoms with Gasteiger partial charge in [-0.05, 0) is 17.7 Å². The lowest BCUT2D eigenvalue weighted by Gasteiger charge is -2.07. The van der Waals surface area contributed by atoms with Crippen LogP contribution in [0.2, 0.25) is 0 Å².